The first kappa shape index (κ1) is 22.9. The summed E-state index contributed by atoms with van der Waals surface area (Å²) in [5.41, 5.74) is 3.25. The highest BCUT2D eigenvalue weighted by molar-refractivity contribution is 9.11. The molecule has 1 fully saturated rings. The molecular formula is C23H26BrN3O4S. The van der Waals surface area contributed by atoms with Crippen molar-refractivity contribution >= 4 is 50.1 Å². The van der Waals surface area contributed by atoms with Crippen LogP contribution in [0.1, 0.15) is 52.0 Å². The van der Waals surface area contributed by atoms with Gasteiger partial charge in [-0.2, -0.15) is 0 Å². The van der Waals surface area contributed by atoms with E-state index in [2.05, 4.69) is 31.5 Å². The molecule has 0 saturated heterocycles. The van der Waals surface area contributed by atoms with Crippen LogP contribution in [0.4, 0.5) is 0 Å². The number of furan rings is 1. The molecule has 3 aromatic rings. The van der Waals surface area contributed by atoms with Gasteiger partial charge in [0.05, 0.1) is 23.3 Å². The van der Waals surface area contributed by atoms with Crippen LogP contribution in [0.5, 0.6) is 0 Å². The Hall–Kier alpha value is -2.23. The molecule has 0 spiro atoms. The third-order valence-electron chi connectivity index (χ3n) is 5.97. The number of hydrogen-bond donors (Lipinski definition) is 3. The van der Waals surface area contributed by atoms with Gasteiger partial charge in [0.2, 0.25) is 5.91 Å². The molecule has 1 aliphatic rings. The van der Waals surface area contributed by atoms with Crippen LogP contribution in [0.3, 0.4) is 0 Å². The summed E-state index contributed by atoms with van der Waals surface area (Å²) in [5.74, 6) is -0.424. The smallest absolute Gasteiger partial charge is 0.272 e. The van der Waals surface area contributed by atoms with E-state index in [0.29, 0.717) is 22.3 Å². The van der Waals surface area contributed by atoms with Crippen molar-refractivity contribution in [2.75, 3.05) is 6.54 Å². The van der Waals surface area contributed by atoms with E-state index in [0.717, 1.165) is 39.1 Å². The first-order valence-electron chi connectivity index (χ1n) is 10.6. The van der Waals surface area contributed by atoms with Crippen molar-refractivity contribution in [3.8, 4) is 0 Å². The van der Waals surface area contributed by atoms with Crippen LogP contribution >= 0.6 is 27.3 Å². The summed E-state index contributed by atoms with van der Waals surface area (Å²) >= 11 is 4.84. The van der Waals surface area contributed by atoms with Gasteiger partial charge in [0.15, 0.2) is 5.69 Å². The fraction of sp³-hybridized carbons (Fsp3) is 0.435. The van der Waals surface area contributed by atoms with Gasteiger partial charge in [-0.05, 0) is 72.3 Å². The number of hydrogen-bond acceptors (Lipinski definition) is 6. The molecule has 32 heavy (non-hydrogen) atoms. The third kappa shape index (κ3) is 4.74. The maximum absolute atomic E-state index is 12.5. The minimum absolute atomic E-state index is 0.145. The van der Waals surface area contributed by atoms with Gasteiger partial charge in [-0.1, -0.05) is 6.92 Å². The second-order valence-electron chi connectivity index (χ2n) is 8.53. The number of aromatic nitrogens is 1. The molecule has 0 aliphatic heterocycles. The topological polar surface area (TPSA) is 104 Å². The van der Waals surface area contributed by atoms with Crippen molar-refractivity contribution in [2.45, 2.75) is 58.1 Å². The number of thiazole rings is 1. The van der Waals surface area contributed by atoms with Crippen LogP contribution < -0.4 is 10.6 Å². The molecule has 1 aromatic carbocycles. The number of carbonyl (C=O) groups excluding carboxylic acids is 2. The van der Waals surface area contributed by atoms with Crippen molar-refractivity contribution < 1.29 is 19.1 Å². The van der Waals surface area contributed by atoms with E-state index >= 15 is 0 Å². The Balaban J connectivity index is 1.27. The van der Waals surface area contributed by atoms with Crippen LogP contribution in [0.15, 0.2) is 26.6 Å². The van der Waals surface area contributed by atoms with E-state index in [9.17, 15) is 14.7 Å². The SMILES string of the molecule is CCc1nc(C(=O)NC2CC(O)(CNC(=O)Cc3coc4cc(C)c(C)cc34)C2)c(Br)s1. The van der Waals surface area contributed by atoms with Gasteiger partial charge in [0.25, 0.3) is 5.91 Å². The number of nitrogens with zero attached hydrogens (tertiary/aromatic N) is 1. The van der Waals surface area contributed by atoms with E-state index in [1.165, 1.54) is 11.3 Å². The van der Waals surface area contributed by atoms with Gasteiger partial charge in [-0.25, -0.2) is 4.98 Å². The van der Waals surface area contributed by atoms with E-state index in [4.69, 9.17) is 4.42 Å². The lowest BCUT2D eigenvalue weighted by molar-refractivity contribution is -0.123. The highest BCUT2D eigenvalue weighted by atomic mass is 79.9. The molecule has 7 nitrogen and oxygen atoms in total. The van der Waals surface area contributed by atoms with Crippen LogP contribution in [0.25, 0.3) is 11.0 Å². The number of benzene rings is 1. The zero-order valence-electron chi connectivity index (χ0n) is 18.3. The Bertz CT molecular complexity index is 1180. The van der Waals surface area contributed by atoms with E-state index in [1.807, 2.05) is 32.9 Å². The standard InChI is InChI=1S/C23H26BrN3O4S/c1-4-19-27-20(21(24)32-19)22(29)26-15-8-23(30,9-15)11-25-18(28)7-14-10-31-17-6-13(3)12(2)5-16(14)17/h5-6,10,15,30H,4,7-9,11H2,1-3H3,(H,25,28)(H,26,29). The predicted octanol–water partition coefficient (Wildman–Crippen LogP) is 3.81. The highest BCUT2D eigenvalue weighted by Gasteiger charge is 2.43. The number of aryl methyl sites for hydroxylation is 3. The zero-order chi connectivity index (χ0) is 23.0. The first-order chi connectivity index (χ1) is 15.2. The number of halogens is 1. The summed E-state index contributed by atoms with van der Waals surface area (Å²) < 4.78 is 6.30. The normalized spacial score (nSPS) is 20.2. The van der Waals surface area contributed by atoms with Gasteiger partial charge in [0, 0.05) is 23.5 Å². The summed E-state index contributed by atoms with van der Waals surface area (Å²) in [7, 11) is 0. The number of amides is 2. The third-order valence-corrected chi connectivity index (χ3v) is 7.82. The number of rotatable bonds is 7. The zero-order valence-corrected chi connectivity index (χ0v) is 20.7. The number of fused-ring (bicyclic) bond motifs is 1. The number of aliphatic hydroxyl groups is 1. The van der Waals surface area contributed by atoms with E-state index in [-0.39, 0.29) is 30.8 Å². The molecule has 0 atom stereocenters. The second kappa shape index (κ2) is 8.96. The maximum Gasteiger partial charge on any atom is 0.272 e. The predicted molar refractivity (Wildman–Crippen MR) is 127 cm³/mol. The average molecular weight is 520 g/mol. The molecule has 0 bridgehead atoms. The summed E-state index contributed by atoms with van der Waals surface area (Å²) in [5, 5.41) is 18.2. The maximum atomic E-state index is 12.5. The van der Waals surface area contributed by atoms with E-state index in [1.54, 1.807) is 6.26 Å². The molecule has 1 aliphatic carbocycles. The fourth-order valence-electron chi connectivity index (χ4n) is 3.96. The minimum Gasteiger partial charge on any atom is -0.464 e. The monoisotopic (exact) mass is 519 g/mol. The number of carbonyl (C=O) groups is 2. The average Bonchev–Trinajstić information content (AvgIpc) is 3.29. The summed E-state index contributed by atoms with van der Waals surface area (Å²) in [6.45, 7) is 6.19. The van der Waals surface area contributed by atoms with Gasteiger partial charge in [0.1, 0.15) is 9.37 Å². The van der Waals surface area contributed by atoms with Gasteiger partial charge in [-0.3, -0.25) is 9.59 Å². The summed E-state index contributed by atoms with van der Waals surface area (Å²) in [4.78, 5) is 29.2. The van der Waals surface area contributed by atoms with Crippen molar-refractivity contribution in [1.82, 2.24) is 15.6 Å². The van der Waals surface area contributed by atoms with Gasteiger partial charge >= 0.3 is 0 Å². The van der Waals surface area contributed by atoms with Gasteiger partial charge < -0.3 is 20.2 Å². The molecule has 4 rings (SSSR count). The molecule has 2 amide bonds. The van der Waals surface area contributed by atoms with Crippen molar-refractivity contribution in [2.24, 2.45) is 0 Å². The quantitative estimate of drug-likeness (QED) is 0.440. The van der Waals surface area contributed by atoms with Crippen LogP contribution in [0.2, 0.25) is 0 Å². The Morgan fingerprint density at radius 1 is 1.31 bits per heavy atom. The van der Waals surface area contributed by atoms with Crippen molar-refractivity contribution in [3.05, 3.63) is 49.6 Å². The first-order valence-corrected chi connectivity index (χ1v) is 12.2. The summed E-state index contributed by atoms with van der Waals surface area (Å²) in [6.07, 6.45) is 3.34. The largest absolute Gasteiger partial charge is 0.464 e. The minimum atomic E-state index is -1.02. The molecular weight excluding hydrogens is 494 g/mol. The molecule has 1 saturated carbocycles. The lowest BCUT2D eigenvalue weighted by atomic mass is 9.75. The van der Waals surface area contributed by atoms with Crippen molar-refractivity contribution in [3.63, 3.8) is 0 Å². The Morgan fingerprint density at radius 2 is 2.03 bits per heavy atom. The molecule has 3 N–H and O–H groups in total. The molecule has 2 aromatic heterocycles. The molecule has 2 heterocycles. The highest BCUT2D eigenvalue weighted by Crippen LogP contribution is 2.33. The molecule has 0 radical (unpaired) electrons. The second-order valence-corrected chi connectivity index (χ2v) is 10.9. The molecule has 9 heteroatoms. The Morgan fingerprint density at radius 3 is 2.72 bits per heavy atom. The van der Waals surface area contributed by atoms with Crippen molar-refractivity contribution in [1.29, 1.82) is 0 Å². The van der Waals surface area contributed by atoms with Crippen LogP contribution in [-0.2, 0) is 17.6 Å². The number of nitrogens with one attached hydrogen (secondary N) is 2. The molecule has 170 valence electrons. The van der Waals surface area contributed by atoms with Gasteiger partial charge in [-0.15, -0.1) is 11.3 Å². The lowest BCUT2D eigenvalue weighted by Gasteiger charge is -2.43. The Labute approximate surface area is 198 Å². The lowest BCUT2D eigenvalue weighted by Crippen LogP contribution is -2.59. The molecule has 0 unspecified atom stereocenters. The summed E-state index contributed by atoms with van der Waals surface area (Å²) in [6, 6.07) is 3.87. The Kier molecular flexibility index (Phi) is 6.42. The fourth-order valence-corrected chi connectivity index (χ4v) is 5.52. The van der Waals surface area contributed by atoms with Crippen LogP contribution in [-0.4, -0.2) is 40.1 Å². The van der Waals surface area contributed by atoms with Crippen LogP contribution in [0, 0.1) is 13.8 Å². The van der Waals surface area contributed by atoms with E-state index < -0.39 is 5.60 Å².